The number of carbonyl (C=O) groups excluding carboxylic acids is 1. The third-order valence-electron chi connectivity index (χ3n) is 4.64. The molecule has 2 aromatic carbocycles. The van der Waals surface area contributed by atoms with Crippen LogP contribution in [0.3, 0.4) is 0 Å². The Hall–Kier alpha value is -2.19. The summed E-state index contributed by atoms with van der Waals surface area (Å²) in [6, 6.07) is 16.0. The summed E-state index contributed by atoms with van der Waals surface area (Å²) in [7, 11) is 0. The predicted octanol–water partition coefficient (Wildman–Crippen LogP) is 6.10. The van der Waals surface area contributed by atoms with Crippen LogP contribution < -0.4 is 0 Å². The summed E-state index contributed by atoms with van der Waals surface area (Å²) < 4.78 is 0. The highest BCUT2D eigenvalue weighted by Crippen LogP contribution is 2.29. The van der Waals surface area contributed by atoms with Gasteiger partial charge in [0.25, 0.3) is 5.24 Å². The fraction of sp³-hybridized carbons (Fsp3) is 0.238. The zero-order valence-corrected chi connectivity index (χ0v) is 14.9. The number of aromatic nitrogens is 1. The predicted molar refractivity (Wildman–Crippen MR) is 101 cm³/mol. The highest BCUT2D eigenvalue weighted by atomic mass is 35.5. The van der Waals surface area contributed by atoms with Crippen LogP contribution in [-0.4, -0.2) is 10.2 Å². The molecule has 0 fully saturated rings. The van der Waals surface area contributed by atoms with Crippen molar-refractivity contribution >= 4 is 27.7 Å². The van der Waals surface area contributed by atoms with E-state index in [2.05, 4.69) is 38.1 Å². The number of hydrogen-bond acceptors (Lipinski definition) is 2. The molecule has 0 aliphatic carbocycles. The van der Waals surface area contributed by atoms with Crippen molar-refractivity contribution in [3.63, 3.8) is 0 Å². The monoisotopic (exact) mass is 337 g/mol. The summed E-state index contributed by atoms with van der Waals surface area (Å²) in [6.45, 7) is 6.40. The van der Waals surface area contributed by atoms with Crippen LogP contribution in [0.5, 0.6) is 0 Å². The molecule has 122 valence electrons. The normalized spacial score (nSPS) is 12.3. The molecule has 3 heteroatoms. The van der Waals surface area contributed by atoms with Crippen molar-refractivity contribution in [2.24, 2.45) is 0 Å². The highest BCUT2D eigenvalue weighted by molar-refractivity contribution is 6.68. The van der Waals surface area contributed by atoms with Gasteiger partial charge in [-0.15, -0.1) is 0 Å². The van der Waals surface area contributed by atoms with Gasteiger partial charge in [0.05, 0.1) is 11.2 Å². The highest BCUT2D eigenvalue weighted by Gasteiger charge is 2.13. The molecule has 0 unspecified atom stereocenters. The fourth-order valence-electron chi connectivity index (χ4n) is 2.92. The van der Waals surface area contributed by atoms with Gasteiger partial charge in [-0.25, -0.2) is 4.98 Å². The lowest BCUT2D eigenvalue weighted by molar-refractivity contribution is 0.108. The lowest BCUT2D eigenvalue weighted by Crippen LogP contribution is -1.97. The first-order chi connectivity index (χ1) is 11.5. The number of hydrogen-bond donors (Lipinski definition) is 0. The summed E-state index contributed by atoms with van der Waals surface area (Å²) in [4.78, 5) is 16.6. The first-order valence-corrected chi connectivity index (χ1v) is 8.59. The molecule has 1 atom stereocenters. The number of halogens is 1. The van der Waals surface area contributed by atoms with Gasteiger partial charge in [-0.1, -0.05) is 56.3 Å². The maximum atomic E-state index is 11.9. The molecular formula is C21H20ClNO. The molecule has 1 heterocycles. The van der Waals surface area contributed by atoms with Crippen LogP contribution in [-0.2, 0) is 0 Å². The van der Waals surface area contributed by atoms with E-state index in [0.29, 0.717) is 11.5 Å². The molecule has 0 saturated heterocycles. The number of fused-ring (bicyclic) bond motifs is 1. The maximum Gasteiger partial charge on any atom is 0.253 e. The van der Waals surface area contributed by atoms with Gasteiger partial charge in [0, 0.05) is 16.5 Å². The first-order valence-electron chi connectivity index (χ1n) is 8.21. The van der Waals surface area contributed by atoms with Crippen molar-refractivity contribution in [3.8, 4) is 11.3 Å². The van der Waals surface area contributed by atoms with Crippen LogP contribution in [0.25, 0.3) is 22.2 Å². The third kappa shape index (κ3) is 3.07. The Balaban J connectivity index is 2.16. The molecular weight excluding hydrogens is 318 g/mol. The average Bonchev–Trinajstić information content (AvgIpc) is 2.60. The van der Waals surface area contributed by atoms with E-state index in [9.17, 15) is 4.79 Å². The van der Waals surface area contributed by atoms with Crippen molar-refractivity contribution in [2.45, 2.75) is 33.1 Å². The van der Waals surface area contributed by atoms with E-state index in [1.165, 1.54) is 5.56 Å². The van der Waals surface area contributed by atoms with Crippen LogP contribution in [0, 0.1) is 6.92 Å². The summed E-state index contributed by atoms with van der Waals surface area (Å²) in [5.74, 6) is 0.533. The molecule has 0 saturated carbocycles. The number of pyridine rings is 1. The smallest absolute Gasteiger partial charge is 0.253 e. The maximum absolute atomic E-state index is 11.9. The number of rotatable bonds is 4. The lowest BCUT2D eigenvalue weighted by atomic mass is 9.96. The number of nitrogens with zero attached hydrogens (tertiary/aromatic N) is 1. The SMILES string of the molecule is CC[C@@H](C)c1ccc(-c2cc(C(=O)Cl)c3cccc(C)c3n2)cc1. The van der Waals surface area contributed by atoms with E-state index in [1.54, 1.807) is 6.07 Å². The Bertz CT molecular complexity index is 900. The molecule has 24 heavy (non-hydrogen) atoms. The largest absolute Gasteiger partial charge is 0.276 e. The van der Waals surface area contributed by atoms with Crippen LogP contribution in [0.2, 0.25) is 0 Å². The van der Waals surface area contributed by atoms with E-state index >= 15 is 0 Å². The van der Waals surface area contributed by atoms with Gasteiger partial charge >= 0.3 is 0 Å². The number of benzene rings is 2. The minimum absolute atomic E-state index is 0.453. The summed E-state index contributed by atoms with van der Waals surface area (Å²) in [5.41, 5.74) is 5.44. The third-order valence-corrected chi connectivity index (χ3v) is 4.84. The minimum Gasteiger partial charge on any atom is -0.276 e. The standard InChI is InChI=1S/C21H20ClNO/c1-4-13(2)15-8-10-16(11-9-15)19-12-18(21(22)24)17-7-5-6-14(3)20(17)23-19/h5-13H,4H2,1-3H3/t13-/m1/s1. The van der Waals surface area contributed by atoms with E-state index < -0.39 is 5.24 Å². The van der Waals surface area contributed by atoms with Crippen LogP contribution in [0.15, 0.2) is 48.5 Å². The Morgan fingerprint density at radius 2 is 1.88 bits per heavy atom. The molecule has 0 aliphatic rings. The van der Waals surface area contributed by atoms with E-state index in [1.807, 2.05) is 25.1 Å². The molecule has 0 bridgehead atoms. The van der Waals surface area contributed by atoms with Crippen LogP contribution >= 0.6 is 11.6 Å². The van der Waals surface area contributed by atoms with Gasteiger partial charge in [-0.3, -0.25) is 4.79 Å². The van der Waals surface area contributed by atoms with Gasteiger partial charge in [0.2, 0.25) is 0 Å². The molecule has 0 amide bonds. The van der Waals surface area contributed by atoms with E-state index in [-0.39, 0.29) is 0 Å². The number of aryl methyl sites for hydroxylation is 1. The van der Waals surface area contributed by atoms with Crippen molar-refractivity contribution in [1.29, 1.82) is 0 Å². The Morgan fingerprint density at radius 1 is 1.17 bits per heavy atom. The molecule has 0 N–H and O–H groups in total. The Morgan fingerprint density at radius 3 is 2.50 bits per heavy atom. The number of para-hydroxylation sites is 1. The first kappa shape index (κ1) is 16.7. The molecule has 0 spiro atoms. The molecule has 1 aromatic heterocycles. The molecule has 0 aliphatic heterocycles. The molecule has 3 rings (SSSR count). The van der Waals surface area contributed by atoms with Crippen molar-refractivity contribution < 1.29 is 4.79 Å². The zero-order chi connectivity index (χ0) is 17.3. The minimum atomic E-state index is -0.453. The summed E-state index contributed by atoms with van der Waals surface area (Å²) >= 11 is 5.81. The fourth-order valence-corrected chi connectivity index (χ4v) is 3.08. The van der Waals surface area contributed by atoms with Gasteiger partial charge in [-0.05, 0) is 48.1 Å². The summed E-state index contributed by atoms with van der Waals surface area (Å²) in [5, 5.41) is 0.348. The van der Waals surface area contributed by atoms with Gasteiger partial charge < -0.3 is 0 Å². The van der Waals surface area contributed by atoms with E-state index in [4.69, 9.17) is 16.6 Å². The molecule has 2 nitrogen and oxygen atoms in total. The second-order valence-corrected chi connectivity index (χ2v) is 6.57. The Kier molecular flexibility index (Phi) is 4.68. The quantitative estimate of drug-likeness (QED) is 0.538. The van der Waals surface area contributed by atoms with E-state index in [0.717, 1.165) is 34.1 Å². The van der Waals surface area contributed by atoms with Crippen LogP contribution in [0.1, 0.15) is 47.7 Å². The van der Waals surface area contributed by atoms with Crippen LogP contribution in [0.4, 0.5) is 0 Å². The number of carbonyl (C=O) groups is 1. The Labute approximate surface area is 147 Å². The average molecular weight is 338 g/mol. The second-order valence-electron chi connectivity index (χ2n) is 6.23. The lowest BCUT2D eigenvalue weighted by Gasteiger charge is -2.11. The van der Waals surface area contributed by atoms with Gasteiger partial charge in [0.15, 0.2) is 0 Å². The molecule has 0 radical (unpaired) electrons. The van der Waals surface area contributed by atoms with Crippen molar-refractivity contribution in [2.75, 3.05) is 0 Å². The summed E-state index contributed by atoms with van der Waals surface area (Å²) in [6.07, 6.45) is 1.11. The zero-order valence-electron chi connectivity index (χ0n) is 14.1. The van der Waals surface area contributed by atoms with Crippen molar-refractivity contribution in [3.05, 3.63) is 65.2 Å². The van der Waals surface area contributed by atoms with Gasteiger partial charge in [-0.2, -0.15) is 0 Å². The van der Waals surface area contributed by atoms with Crippen molar-refractivity contribution in [1.82, 2.24) is 4.98 Å². The molecule has 3 aromatic rings. The topological polar surface area (TPSA) is 30.0 Å². The van der Waals surface area contributed by atoms with Gasteiger partial charge in [0.1, 0.15) is 0 Å². The second kappa shape index (κ2) is 6.74.